The third-order valence-electron chi connectivity index (χ3n) is 6.11. The van der Waals surface area contributed by atoms with Crippen molar-refractivity contribution in [3.8, 4) is 11.1 Å². The Morgan fingerprint density at radius 3 is 1.51 bits per heavy atom. The summed E-state index contributed by atoms with van der Waals surface area (Å²) >= 11 is 0. The molecule has 0 spiro atoms. The van der Waals surface area contributed by atoms with Crippen molar-refractivity contribution in [1.29, 1.82) is 0 Å². The highest BCUT2D eigenvalue weighted by atomic mass is 16.2. The second kappa shape index (κ2) is 9.34. The monoisotopic (exact) mass is 474 g/mol. The third kappa shape index (κ3) is 4.10. The van der Waals surface area contributed by atoms with Crippen molar-refractivity contribution >= 4 is 11.6 Å². The first-order valence-electron chi connectivity index (χ1n) is 11.0. The summed E-state index contributed by atoms with van der Waals surface area (Å²) in [5.41, 5.74) is 0.628. The van der Waals surface area contributed by atoms with Crippen molar-refractivity contribution in [2.24, 2.45) is 14.1 Å². The van der Waals surface area contributed by atoms with Gasteiger partial charge in [-0.05, 0) is 16.7 Å². The lowest BCUT2D eigenvalue weighted by Crippen LogP contribution is -2.40. The Morgan fingerprint density at radius 1 is 0.657 bits per heavy atom. The van der Waals surface area contributed by atoms with E-state index in [1.165, 1.54) is 14.1 Å². The molecule has 4 N–H and O–H groups in total. The van der Waals surface area contributed by atoms with Crippen LogP contribution in [0.4, 0.5) is 11.6 Å². The minimum atomic E-state index is -0.907. The Morgan fingerprint density at radius 2 is 1.09 bits per heavy atom. The lowest BCUT2D eigenvalue weighted by molar-refractivity contribution is 0.723. The van der Waals surface area contributed by atoms with E-state index in [0.29, 0.717) is 5.56 Å². The van der Waals surface area contributed by atoms with Crippen molar-refractivity contribution in [2.75, 3.05) is 24.7 Å². The number of hydrogen-bond donors (Lipinski definition) is 4. The highest BCUT2D eigenvalue weighted by molar-refractivity contribution is 5.65. The molecule has 0 aliphatic heterocycles. The van der Waals surface area contributed by atoms with Gasteiger partial charge in [0.1, 0.15) is 11.6 Å². The van der Waals surface area contributed by atoms with Crippen LogP contribution in [0.1, 0.15) is 22.6 Å². The van der Waals surface area contributed by atoms with Crippen LogP contribution in [0.5, 0.6) is 0 Å². The van der Waals surface area contributed by atoms with E-state index in [2.05, 4.69) is 20.6 Å². The van der Waals surface area contributed by atoms with Crippen LogP contribution in [-0.2, 0) is 14.1 Å². The summed E-state index contributed by atoms with van der Waals surface area (Å²) in [4.78, 5) is 56.8. The molecular weight excluding hydrogens is 448 g/mol. The molecule has 0 aliphatic rings. The summed E-state index contributed by atoms with van der Waals surface area (Å²) in [6, 6.07) is 17.3. The molecule has 0 bridgehead atoms. The van der Waals surface area contributed by atoms with Gasteiger partial charge in [0.15, 0.2) is 0 Å². The van der Waals surface area contributed by atoms with E-state index >= 15 is 0 Å². The molecule has 0 saturated heterocycles. The molecule has 2 aromatic carbocycles. The summed E-state index contributed by atoms with van der Waals surface area (Å²) < 4.78 is 1.91. The minimum absolute atomic E-state index is 0.169. The van der Waals surface area contributed by atoms with Crippen LogP contribution < -0.4 is 33.1 Å². The molecule has 2 heterocycles. The second-order valence-electron chi connectivity index (χ2n) is 8.09. The predicted molar refractivity (Wildman–Crippen MR) is 137 cm³/mol. The minimum Gasteiger partial charge on any atom is -0.374 e. The second-order valence-corrected chi connectivity index (χ2v) is 8.09. The van der Waals surface area contributed by atoms with E-state index in [0.717, 1.165) is 20.3 Å². The van der Waals surface area contributed by atoms with E-state index in [4.69, 9.17) is 0 Å². The van der Waals surface area contributed by atoms with Crippen LogP contribution in [0.2, 0.25) is 0 Å². The molecule has 0 saturated carbocycles. The average Bonchev–Trinajstić information content (AvgIpc) is 2.88. The Balaban J connectivity index is 2.07. The van der Waals surface area contributed by atoms with E-state index < -0.39 is 28.4 Å². The van der Waals surface area contributed by atoms with Gasteiger partial charge in [0, 0.05) is 28.2 Å². The molecule has 0 fully saturated rings. The zero-order chi connectivity index (χ0) is 25.3. The van der Waals surface area contributed by atoms with Gasteiger partial charge in [-0.2, -0.15) is 0 Å². The van der Waals surface area contributed by atoms with E-state index in [9.17, 15) is 19.2 Å². The molecule has 35 heavy (non-hydrogen) atoms. The number of benzene rings is 2. The summed E-state index contributed by atoms with van der Waals surface area (Å²) in [7, 11) is 5.88. The van der Waals surface area contributed by atoms with Gasteiger partial charge in [-0.25, -0.2) is 9.59 Å². The quantitative estimate of drug-likeness (QED) is 0.334. The van der Waals surface area contributed by atoms with Gasteiger partial charge in [0.05, 0.1) is 17.0 Å². The van der Waals surface area contributed by atoms with E-state index in [1.807, 2.05) is 54.6 Å². The van der Waals surface area contributed by atoms with Crippen LogP contribution >= 0.6 is 0 Å². The molecule has 10 nitrogen and oxygen atoms in total. The molecule has 10 heteroatoms. The van der Waals surface area contributed by atoms with Gasteiger partial charge in [0.25, 0.3) is 11.1 Å². The normalized spacial score (nSPS) is 11.0. The van der Waals surface area contributed by atoms with Gasteiger partial charge in [-0.15, -0.1) is 0 Å². The zero-order valence-corrected chi connectivity index (χ0v) is 19.8. The van der Waals surface area contributed by atoms with Gasteiger partial charge in [-0.1, -0.05) is 54.6 Å². The Hall–Kier alpha value is -4.60. The van der Waals surface area contributed by atoms with E-state index in [-0.39, 0.29) is 22.8 Å². The summed E-state index contributed by atoms with van der Waals surface area (Å²) in [6.45, 7) is 0. The number of H-pyrrole nitrogens is 2. The Kier molecular flexibility index (Phi) is 6.28. The van der Waals surface area contributed by atoms with Crippen LogP contribution in [0.25, 0.3) is 11.1 Å². The molecule has 180 valence electrons. The smallest absolute Gasteiger partial charge is 0.329 e. The van der Waals surface area contributed by atoms with Crippen LogP contribution in [0, 0.1) is 0 Å². The number of rotatable bonds is 6. The highest BCUT2D eigenvalue weighted by Crippen LogP contribution is 2.35. The first kappa shape index (κ1) is 23.6. The number of aromatic nitrogens is 4. The number of nitrogens with zero attached hydrogens (tertiary/aromatic N) is 2. The van der Waals surface area contributed by atoms with Crippen LogP contribution in [0.15, 0.2) is 73.8 Å². The Bertz CT molecular complexity index is 1530. The average molecular weight is 475 g/mol. The van der Waals surface area contributed by atoms with E-state index in [1.54, 1.807) is 14.1 Å². The van der Waals surface area contributed by atoms with Crippen molar-refractivity contribution in [3.05, 3.63) is 113 Å². The van der Waals surface area contributed by atoms with Gasteiger partial charge in [-0.3, -0.25) is 28.7 Å². The molecule has 0 aliphatic carbocycles. The number of aromatic amines is 2. The molecule has 0 radical (unpaired) electrons. The summed E-state index contributed by atoms with van der Waals surface area (Å²) in [6.07, 6.45) is 0. The molecule has 0 atom stereocenters. The largest absolute Gasteiger partial charge is 0.374 e. The molecular formula is C25H26N6O4. The summed E-state index contributed by atoms with van der Waals surface area (Å²) in [5.74, 6) is -0.535. The van der Waals surface area contributed by atoms with Gasteiger partial charge < -0.3 is 10.6 Å². The first-order chi connectivity index (χ1) is 16.8. The van der Waals surface area contributed by atoms with Crippen molar-refractivity contribution in [3.63, 3.8) is 0 Å². The SMILES string of the molecule is CNc1[nH]c(=O)n(C)c(=O)c1C(c1ccc(-c2ccccc2)cc1)c1c(NC)[nH]c(=O)n(C)c1=O. The first-order valence-corrected chi connectivity index (χ1v) is 11.0. The summed E-state index contributed by atoms with van der Waals surface area (Å²) in [5, 5.41) is 5.75. The standard InChI is InChI=1S/C25H26N6O4/c1-26-20-18(22(32)30(3)24(34)28-20)17(19-21(27-2)29-25(35)31(4)23(19)33)16-12-10-15(11-13-16)14-8-6-5-7-9-14/h5-13,17,26-27H,1-4H3,(H,28,34)(H,29,35). The zero-order valence-electron chi connectivity index (χ0n) is 19.8. The third-order valence-corrected chi connectivity index (χ3v) is 6.11. The van der Waals surface area contributed by atoms with Gasteiger partial charge in [0.2, 0.25) is 0 Å². The number of anilines is 2. The maximum absolute atomic E-state index is 13.4. The molecule has 2 aromatic heterocycles. The van der Waals surface area contributed by atoms with Gasteiger partial charge >= 0.3 is 11.4 Å². The van der Waals surface area contributed by atoms with Crippen LogP contribution in [-0.4, -0.2) is 33.2 Å². The van der Waals surface area contributed by atoms with Crippen molar-refractivity contribution in [2.45, 2.75) is 5.92 Å². The molecule has 4 rings (SSSR count). The van der Waals surface area contributed by atoms with Crippen molar-refractivity contribution < 1.29 is 0 Å². The fourth-order valence-electron chi connectivity index (χ4n) is 4.18. The topological polar surface area (TPSA) is 134 Å². The van der Waals surface area contributed by atoms with Crippen LogP contribution in [0.3, 0.4) is 0 Å². The predicted octanol–water partition coefficient (Wildman–Crippen LogP) is 1.39. The fourth-order valence-corrected chi connectivity index (χ4v) is 4.18. The lowest BCUT2D eigenvalue weighted by atomic mass is 9.85. The highest BCUT2D eigenvalue weighted by Gasteiger charge is 2.30. The molecule has 4 aromatic rings. The maximum atomic E-state index is 13.4. The number of nitrogens with one attached hydrogen (secondary N) is 4. The Labute approximate surface area is 199 Å². The van der Waals surface area contributed by atoms with Crippen molar-refractivity contribution in [1.82, 2.24) is 19.1 Å². The lowest BCUT2D eigenvalue weighted by Gasteiger charge is -2.23. The maximum Gasteiger partial charge on any atom is 0.329 e. The molecule has 0 amide bonds. The fraction of sp³-hybridized carbons (Fsp3) is 0.200. The molecule has 0 unspecified atom stereocenters. The number of hydrogen-bond acceptors (Lipinski definition) is 6.